The highest BCUT2D eigenvalue weighted by Gasteiger charge is 2.37. The highest BCUT2D eigenvalue weighted by atomic mass is 16.6. The lowest BCUT2D eigenvalue weighted by molar-refractivity contribution is -0.159. The number of nitrogens with zero attached hydrogens (tertiary/aromatic N) is 2. The van der Waals surface area contributed by atoms with E-state index >= 15 is 0 Å². The van der Waals surface area contributed by atoms with E-state index in [1.807, 2.05) is 20.8 Å². The predicted molar refractivity (Wildman–Crippen MR) is 64.7 cm³/mol. The van der Waals surface area contributed by atoms with Crippen molar-refractivity contribution in [1.82, 2.24) is 9.80 Å². The second-order valence-corrected chi connectivity index (χ2v) is 5.56. The monoisotopic (exact) mass is 242 g/mol. The second-order valence-electron chi connectivity index (χ2n) is 5.56. The van der Waals surface area contributed by atoms with E-state index in [9.17, 15) is 9.59 Å². The van der Waals surface area contributed by atoms with E-state index in [-0.39, 0.29) is 12.0 Å². The van der Waals surface area contributed by atoms with Crippen molar-refractivity contribution in [3.05, 3.63) is 0 Å². The van der Waals surface area contributed by atoms with Crippen LogP contribution in [-0.4, -0.2) is 54.1 Å². The van der Waals surface area contributed by atoms with Gasteiger partial charge in [-0.05, 0) is 33.6 Å². The standard InChI is InChI=1S/C12H22N2O3/c1-12(2,3)17-10(15)9-7-6-8-14(9)11(16)13(4)5/h9H,6-8H2,1-5H3. The van der Waals surface area contributed by atoms with Gasteiger partial charge in [0.15, 0.2) is 0 Å². The topological polar surface area (TPSA) is 49.9 Å². The van der Waals surface area contributed by atoms with Crippen LogP contribution < -0.4 is 0 Å². The zero-order chi connectivity index (χ0) is 13.2. The smallest absolute Gasteiger partial charge is 0.329 e. The van der Waals surface area contributed by atoms with Crippen LogP contribution in [-0.2, 0) is 9.53 Å². The summed E-state index contributed by atoms with van der Waals surface area (Å²) in [7, 11) is 3.37. The fourth-order valence-electron chi connectivity index (χ4n) is 1.87. The van der Waals surface area contributed by atoms with Crippen LogP contribution in [0.4, 0.5) is 4.79 Å². The van der Waals surface area contributed by atoms with Gasteiger partial charge in [0.05, 0.1) is 0 Å². The number of rotatable bonds is 1. The zero-order valence-corrected chi connectivity index (χ0v) is 11.3. The summed E-state index contributed by atoms with van der Waals surface area (Å²) in [4.78, 5) is 26.9. The summed E-state index contributed by atoms with van der Waals surface area (Å²) in [6, 6.07) is -0.553. The van der Waals surface area contributed by atoms with Crippen molar-refractivity contribution < 1.29 is 14.3 Å². The molecule has 0 spiro atoms. The molecule has 0 aliphatic carbocycles. The summed E-state index contributed by atoms with van der Waals surface area (Å²) in [5.41, 5.74) is -0.507. The summed E-state index contributed by atoms with van der Waals surface area (Å²) in [6.07, 6.45) is 1.54. The van der Waals surface area contributed by atoms with Crippen LogP contribution in [0.1, 0.15) is 33.6 Å². The van der Waals surface area contributed by atoms with Crippen molar-refractivity contribution >= 4 is 12.0 Å². The van der Waals surface area contributed by atoms with Gasteiger partial charge in [-0.3, -0.25) is 0 Å². The fraction of sp³-hybridized carbons (Fsp3) is 0.833. The molecule has 1 rings (SSSR count). The molecule has 17 heavy (non-hydrogen) atoms. The summed E-state index contributed by atoms with van der Waals surface area (Å²) in [6.45, 7) is 6.12. The Morgan fingerprint density at radius 2 is 1.88 bits per heavy atom. The Labute approximate surface area is 103 Å². The molecule has 1 atom stereocenters. The summed E-state index contributed by atoms with van der Waals surface area (Å²) in [5, 5.41) is 0. The van der Waals surface area contributed by atoms with Gasteiger partial charge in [-0.2, -0.15) is 0 Å². The molecule has 98 valence electrons. The van der Waals surface area contributed by atoms with Gasteiger partial charge in [0, 0.05) is 20.6 Å². The third kappa shape index (κ3) is 3.61. The van der Waals surface area contributed by atoms with E-state index in [4.69, 9.17) is 4.74 Å². The molecule has 0 aromatic rings. The molecule has 1 unspecified atom stereocenters. The van der Waals surface area contributed by atoms with Gasteiger partial charge in [0.1, 0.15) is 11.6 Å². The second kappa shape index (κ2) is 4.94. The minimum Gasteiger partial charge on any atom is -0.458 e. The Morgan fingerprint density at radius 3 is 2.35 bits per heavy atom. The number of carbonyl (C=O) groups is 2. The highest BCUT2D eigenvalue weighted by molar-refractivity contribution is 5.84. The maximum absolute atomic E-state index is 12.0. The van der Waals surface area contributed by atoms with Gasteiger partial charge in [-0.25, -0.2) is 9.59 Å². The van der Waals surface area contributed by atoms with Crippen molar-refractivity contribution in [3.8, 4) is 0 Å². The van der Waals surface area contributed by atoms with Crippen LogP contribution in [0.2, 0.25) is 0 Å². The highest BCUT2D eigenvalue weighted by Crippen LogP contribution is 2.21. The van der Waals surface area contributed by atoms with Crippen molar-refractivity contribution in [1.29, 1.82) is 0 Å². The third-order valence-electron chi connectivity index (χ3n) is 2.56. The van der Waals surface area contributed by atoms with Gasteiger partial charge >= 0.3 is 12.0 Å². The van der Waals surface area contributed by atoms with Crippen LogP contribution in [0.15, 0.2) is 0 Å². The quantitative estimate of drug-likeness (QED) is 0.654. The van der Waals surface area contributed by atoms with Crippen molar-refractivity contribution in [2.24, 2.45) is 0 Å². The Balaban J connectivity index is 2.70. The number of likely N-dealkylation sites (tertiary alicyclic amines) is 1. The first-order chi connectivity index (χ1) is 7.72. The van der Waals surface area contributed by atoms with Crippen LogP contribution in [0.3, 0.4) is 0 Å². The van der Waals surface area contributed by atoms with Crippen LogP contribution >= 0.6 is 0 Å². The van der Waals surface area contributed by atoms with Crippen LogP contribution in [0.25, 0.3) is 0 Å². The number of hydrogen-bond donors (Lipinski definition) is 0. The normalized spacial score (nSPS) is 20.3. The lowest BCUT2D eigenvalue weighted by Crippen LogP contribution is -2.47. The Morgan fingerprint density at radius 1 is 1.29 bits per heavy atom. The first-order valence-corrected chi connectivity index (χ1v) is 5.93. The number of urea groups is 1. The van der Waals surface area contributed by atoms with Gasteiger partial charge in [0.25, 0.3) is 0 Å². The molecule has 1 saturated heterocycles. The molecule has 0 bridgehead atoms. The number of ether oxygens (including phenoxy) is 1. The third-order valence-corrected chi connectivity index (χ3v) is 2.56. The molecular weight excluding hydrogens is 220 g/mol. The Hall–Kier alpha value is -1.26. The first kappa shape index (κ1) is 13.8. The fourth-order valence-corrected chi connectivity index (χ4v) is 1.87. The molecule has 1 heterocycles. The lowest BCUT2D eigenvalue weighted by atomic mass is 10.1. The van der Waals surface area contributed by atoms with E-state index in [1.165, 1.54) is 4.90 Å². The van der Waals surface area contributed by atoms with E-state index in [0.717, 1.165) is 6.42 Å². The average molecular weight is 242 g/mol. The minimum atomic E-state index is -0.507. The van der Waals surface area contributed by atoms with Crippen LogP contribution in [0.5, 0.6) is 0 Å². The lowest BCUT2D eigenvalue weighted by Gasteiger charge is -2.29. The number of esters is 1. The molecule has 0 aromatic carbocycles. The first-order valence-electron chi connectivity index (χ1n) is 5.93. The maximum Gasteiger partial charge on any atom is 0.329 e. The summed E-state index contributed by atoms with van der Waals surface area (Å²) in [5.74, 6) is -0.301. The van der Waals surface area contributed by atoms with Crippen molar-refractivity contribution in [2.75, 3.05) is 20.6 Å². The summed E-state index contributed by atoms with van der Waals surface area (Å²) < 4.78 is 5.33. The Bertz CT molecular complexity index is 307. The average Bonchev–Trinajstić information content (AvgIpc) is 2.61. The SMILES string of the molecule is CN(C)C(=O)N1CCCC1C(=O)OC(C)(C)C. The molecule has 1 aliphatic heterocycles. The molecule has 5 nitrogen and oxygen atoms in total. The molecular formula is C12H22N2O3. The molecule has 0 aromatic heterocycles. The van der Waals surface area contributed by atoms with E-state index in [0.29, 0.717) is 13.0 Å². The van der Waals surface area contributed by atoms with Gasteiger partial charge in [-0.1, -0.05) is 0 Å². The molecule has 0 N–H and O–H groups in total. The number of amides is 2. The maximum atomic E-state index is 12.0. The minimum absolute atomic E-state index is 0.127. The predicted octanol–water partition coefficient (Wildman–Crippen LogP) is 1.47. The van der Waals surface area contributed by atoms with Crippen molar-refractivity contribution in [3.63, 3.8) is 0 Å². The largest absolute Gasteiger partial charge is 0.458 e. The molecule has 1 aliphatic rings. The Kier molecular flexibility index (Phi) is 4.01. The number of carbonyl (C=O) groups excluding carboxylic acids is 2. The molecule has 1 fully saturated rings. The van der Waals surface area contributed by atoms with E-state index in [1.54, 1.807) is 19.0 Å². The van der Waals surface area contributed by atoms with Crippen molar-refractivity contribution in [2.45, 2.75) is 45.3 Å². The molecule has 2 amide bonds. The number of hydrogen-bond acceptors (Lipinski definition) is 3. The van der Waals surface area contributed by atoms with E-state index < -0.39 is 11.6 Å². The zero-order valence-electron chi connectivity index (χ0n) is 11.3. The molecule has 5 heteroatoms. The summed E-state index contributed by atoms with van der Waals surface area (Å²) >= 11 is 0. The molecule has 0 radical (unpaired) electrons. The van der Waals surface area contributed by atoms with Crippen LogP contribution in [0, 0.1) is 0 Å². The molecule has 0 saturated carbocycles. The van der Waals surface area contributed by atoms with Gasteiger partial charge in [-0.15, -0.1) is 0 Å². The van der Waals surface area contributed by atoms with E-state index in [2.05, 4.69) is 0 Å². The van der Waals surface area contributed by atoms with Gasteiger partial charge in [0.2, 0.25) is 0 Å². The van der Waals surface area contributed by atoms with Gasteiger partial charge < -0.3 is 14.5 Å².